The van der Waals surface area contributed by atoms with E-state index in [1.54, 1.807) is 38.2 Å². The zero-order valence-corrected chi connectivity index (χ0v) is 22.2. The van der Waals surface area contributed by atoms with Crippen LogP contribution in [-0.4, -0.2) is 40.7 Å². The van der Waals surface area contributed by atoms with E-state index >= 15 is 0 Å². The molecule has 6 rings (SSSR count). The molecule has 40 heavy (non-hydrogen) atoms. The number of nitrogens with two attached hydrogens (primary N) is 1. The summed E-state index contributed by atoms with van der Waals surface area (Å²) in [5.74, 6) is 0.462. The second-order valence-corrected chi connectivity index (χ2v) is 10.8. The van der Waals surface area contributed by atoms with Gasteiger partial charge >= 0.3 is 0 Å². The van der Waals surface area contributed by atoms with Gasteiger partial charge < -0.3 is 20.7 Å². The van der Waals surface area contributed by atoms with E-state index in [-0.39, 0.29) is 11.1 Å². The lowest BCUT2D eigenvalue weighted by Gasteiger charge is -2.18. The van der Waals surface area contributed by atoms with Crippen LogP contribution in [0.4, 0.5) is 11.6 Å². The largest absolute Gasteiger partial charge is 0.389 e. The molecule has 0 aliphatic heterocycles. The molecule has 1 fully saturated rings. The molecule has 0 atom stereocenters. The number of nitrogens with one attached hydrogen (secondary N) is 1. The lowest BCUT2D eigenvalue weighted by atomic mass is 10.1. The van der Waals surface area contributed by atoms with E-state index < -0.39 is 11.5 Å². The van der Waals surface area contributed by atoms with E-state index in [4.69, 9.17) is 5.73 Å². The number of hydrogen-bond acceptors (Lipinski definition) is 7. The number of benzene rings is 1. The molecule has 0 saturated heterocycles. The third-order valence-corrected chi connectivity index (χ3v) is 6.92. The fourth-order valence-electron chi connectivity index (χ4n) is 4.90. The highest BCUT2D eigenvalue weighted by Gasteiger charge is 2.27. The first kappa shape index (κ1) is 25.4. The van der Waals surface area contributed by atoms with Crippen LogP contribution in [0.1, 0.15) is 48.5 Å². The molecule has 10 heteroatoms. The predicted octanol–water partition coefficient (Wildman–Crippen LogP) is 4.13. The number of carbonyl (C=O) groups is 1. The van der Waals surface area contributed by atoms with E-state index in [2.05, 4.69) is 20.3 Å². The Kier molecular flexibility index (Phi) is 6.19. The summed E-state index contributed by atoms with van der Waals surface area (Å²) in [6, 6.07) is 14.5. The van der Waals surface area contributed by atoms with Gasteiger partial charge in [-0.2, -0.15) is 0 Å². The Morgan fingerprint density at radius 1 is 1.10 bits per heavy atom. The van der Waals surface area contributed by atoms with Crippen LogP contribution in [-0.2, 0) is 6.54 Å². The summed E-state index contributed by atoms with van der Waals surface area (Å²) < 4.78 is 3.37. The van der Waals surface area contributed by atoms with Crippen LogP contribution in [0.25, 0.3) is 27.8 Å². The van der Waals surface area contributed by atoms with Crippen molar-refractivity contribution in [2.24, 2.45) is 0 Å². The molecule has 1 amide bonds. The van der Waals surface area contributed by atoms with Gasteiger partial charge in [-0.05, 0) is 68.5 Å². The van der Waals surface area contributed by atoms with Crippen molar-refractivity contribution in [1.29, 1.82) is 0 Å². The fraction of sp³-hybridized carbons (Fsp3) is 0.233. The van der Waals surface area contributed by atoms with Gasteiger partial charge in [-0.1, -0.05) is 18.2 Å². The summed E-state index contributed by atoms with van der Waals surface area (Å²) in [5, 5.41) is 13.8. The number of fused-ring (bicyclic) bond motifs is 1. The molecule has 5 aromatic rings. The number of amides is 1. The predicted molar refractivity (Wildman–Crippen MR) is 153 cm³/mol. The third-order valence-electron chi connectivity index (χ3n) is 6.92. The molecule has 0 spiro atoms. The number of nitrogens with zero attached hydrogens (tertiary/aromatic N) is 5. The highest BCUT2D eigenvalue weighted by Crippen LogP contribution is 2.40. The van der Waals surface area contributed by atoms with Crippen LogP contribution >= 0.6 is 0 Å². The maximum Gasteiger partial charge on any atom is 0.267 e. The minimum atomic E-state index is -0.967. The van der Waals surface area contributed by atoms with Gasteiger partial charge in [0.25, 0.3) is 11.5 Å². The van der Waals surface area contributed by atoms with Crippen molar-refractivity contribution in [3.05, 3.63) is 94.9 Å². The number of anilines is 2. The van der Waals surface area contributed by atoms with Crippen molar-refractivity contribution in [1.82, 2.24) is 24.1 Å². The normalized spacial score (nSPS) is 13.5. The molecule has 4 N–H and O–H groups in total. The van der Waals surface area contributed by atoms with Gasteiger partial charge in [0, 0.05) is 35.4 Å². The van der Waals surface area contributed by atoms with Gasteiger partial charge in [-0.3, -0.25) is 14.2 Å². The van der Waals surface area contributed by atoms with Crippen LogP contribution in [0.2, 0.25) is 0 Å². The van der Waals surface area contributed by atoms with E-state index in [9.17, 15) is 14.7 Å². The van der Waals surface area contributed by atoms with Gasteiger partial charge in [0.2, 0.25) is 0 Å². The monoisotopic (exact) mass is 535 g/mol. The summed E-state index contributed by atoms with van der Waals surface area (Å²) in [6.45, 7) is 3.75. The van der Waals surface area contributed by atoms with Crippen molar-refractivity contribution in [3.63, 3.8) is 0 Å². The topological polar surface area (TPSA) is 141 Å². The zero-order valence-electron chi connectivity index (χ0n) is 22.2. The number of pyridine rings is 2. The first-order valence-corrected chi connectivity index (χ1v) is 13.1. The van der Waals surface area contributed by atoms with Gasteiger partial charge in [-0.15, -0.1) is 0 Å². The van der Waals surface area contributed by atoms with E-state index in [1.807, 2.05) is 47.3 Å². The lowest BCUT2D eigenvalue weighted by molar-refractivity contribution is 0.0627. The van der Waals surface area contributed by atoms with Crippen LogP contribution in [0, 0.1) is 0 Å². The first-order chi connectivity index (χ1) is 19.2. The molecule has 202 valence electrons. The number of carbonyl (C=O) groups excluding carboxylic acids is 1. The smallest absolute Gasteiger partial charge is 0.267 e. The van der Waals surface area contributed by atoms with Crippen molar-refractivity contribution >= 4 is 28.6 Å². The van der Waals surface area contributed by atoms with Crippen molar-refractivity contribution in [2.45, 2.75) is 44.8 Å². The number of rotatable bonds is 7. The Bertz CT molecular complexity index is 1780. The maximum absolute atomic E-state index is 13.3. The first-order valence-electron chi connectivity index (χ1n) is 13.1. The molecule has 0 bridgehead atoms. The number of para-hydroxylation sites is 1. The highest BCUT2D eigenvalue weighted by atomic mass is 16.3. The van der Waals surface area contributed by atoms with Crippen LogP contribution in [0.15, 0.2) is 78.2 Å². The second-order valence-electron chi connectivity index (χ2n) is 10.8. The van der Waals surface area contributed by atoms with E-state index in [0.717, 1.165) is 29.5 Å². The third kappa shape index (κ3) is 4.96. The van der Waals surface area contributed by atoms with Crippen molar-refractivity contribution in [3.8, 4) is 16.8 Å². The number of nitrogen functional groups attached to an aromatic ring is 1. The van der Waals surface area contributed by atoms with Gasteiger partial charge in [0.05, 0.1) is 17.5 Å². The molecule has 1 aliphatic carbocycles. The summed E-state index contributed by atoms with van der Waals surface area (Å²) in [6.07, 6.45) is 8.79. The highest BCUT2D eigenvalue weighted by molar-refractivity contribution is 6.04. The van der Waals surface area contributed by atoms with E-state index in [0.29, 0.717) is 40.8 Å². The fourth-order valence-corrected chi connectivity index (χ4v) is 4.90. The summed E-state index contributed by atoms with van der Waals surface area (Å²) >= 11 is 0. The van der Waals surface area contributed by atoms with E-state index in [1.165, 1.54) is 10.9 Å². The second kappa shape index (κ2) is 9.73. The molecule has 1 aromatic carbocycles. The SMILES string of the molecule is CC(C)(O)Cn1cc(-c2ccc(NC(=O)c3cc(C4CC4)cn(-c4ccccc4)c3=O)nc2)c2c(N)ncnc21. The van der Waals surface area contributed by atoms with Crippen molar-refractivity contribution < 1.29 is 9.90 Å². The summed E-state index contributed by atoms with van der Waals surface area (Å²) in [4.78, 5) is 39.6. The number of aliphatic hydroxyl groups is 1. The maximum atomic E-state index is 13.3. The van der Waals surface area contributed by atoms with Crippen LogP contribution in [0.5, 0.6) is 0 Å². The molecular weight excluding hydrogens is 506 g/mol. The quantitative estimate of drug-likeness (QED) is 0.285. The molecule has 0 radical (unpaired) electrons. The minimum absolute atomic E-state index is 0.0683. The zero-order chi connectivity index (χ0) is 28.0. The van der Waals surface area contributed by atoms with Gasteiger partial charge in [0.15, 0.2) is 0 Å². The Morgan fingerprint density at radius 2 is 1.88 bits per heavy atom. The van der Waals surface area contributed by atoms with Gasteiger partial charge in [-0.25, -0.2) is 15.0 Å². The minimum Gasteiger partial charge on any atom is -0.389 e. The average molecular weight is 536 g/mol. The number of aromatic nitrogens is 5. The van der Waals surface area contributed by atoms with Crippen LogP contribution in [0.3, 0.4) is 0 Å². The molecule has 0 unspecified atom stereocenters. The summed E-state index contributed by atoms with van der Waals surface area (Å²) in [5.41, 5.74) is 8.69. The molecule has 4 heterocycles. The molecular formula is C30H29N7O3. The Balaban J connectivity index is 1.31. The molecule has 1 saturated carbocycles. The standard InChI is InChI=1S/C30H29N7O3/c1-30(2,40)16-36-15-23(25-26(31)33-17-34-27(25)36)19-10-11-24(32-13-19)35-28(38)22-12-20(18-8-9-18)14-37(29(22)39)21-6-4-3-5-7-21/h3-7,10-15,17-18,40H,8-9,16H2,1-2H3,(H2,31,33,34)(H,32,35,38). The van der Waals surface area contributed by atoms with Crippen molar-refractivity contribution in [2.75, 3.05) is 11.1 Å². The molecule has 10 nitrogen and oxygen atoms in total. The molecule has 1 aliphatic rings. The average Bonchev–Trinajstić information content (AvgIpc) is 3.72. The Hall–Kier alpha value is -4.83. The van der Waals surface area contributed by atoms with Crippen LogP contribution < -0.4 is 16.6 Å². The molecule has 4 aromatic heterocycles. The number of hydrogen-bond donors (Lipinski definition) is 3. The van der Waals surface area contributed by atoms with Gasteiger partial charge in [0.1, 0.15) is 29.2 Å². The summed E-state index contributed by atoms with van der Waals surface area (Å²) in [7, 11) is 0. The lowest BCUT2D eigenvalue weighted by Crippen LogP contribution is -2.29. The Morgan fingerprint density at radius 3 is 2.55 bits per heavy atom. The Labute approximate surface area is 230 Å².